The third kappa shape index (κ3) is 3.30. The molecule has 5 nitrogen and oxygen atoms in total. The SMILES string of the molecule is O=C(NCCc1coc(-c2ccccc2)n1)c1ccc2cc[nH]c2c1. The van der Waals surface area contributed by atoms with Crippen LogP contribution in [0.25, 0.3) is 22.4 Å². The highest BCUT2D eigenvalue weighted by Gasteiger charge is 2.09. The highest BCUT2D eigenvalue weighted by molar-refractivity contribution is 5.97. The third-order valence-corrected chi connectivity index (χ3v) is 4.06. The van der Waals surface area contributed by atoms with Crippen molar-refractivity contribution in [2.24, 2.45) is 0 Å². The Hall–Kier alpha value is -3.34. The Kier molecular flexibility index (Phi) is 4.04. The zero-order valence-corrected chi connectivity index (χ0v) is 13.5. The van der Waals surface area contributed by atoms with Gasteiger partial charge in [0.1, 0.15) is 6.26 Å². The van der Waals surface area contributed by atoms with Crippen LogP contribution < -0.4 is 5.32 Å². The molecular formula is C20H17N3O2. The number of carbonyl (C=O) groups is 1. The predicted molar refractivity (Wildman–Crippen MR) is 96.3 cm³/mol. The molecule has 0 fully saturated rings. The van der Waals surface area contributed by atoms with E-state index in [-0.39, 0.29) is 5.91 Å². The summed E-state index contributed by atoms with van der Waals surface area (Å²) >= 11 is 0. The van der Waals surface area contributed by atoms with Crippen LogP contribution in [-0.2, 0) is 6.42 Å². The van der Waals surface area contributed by atoms with Gasteiger partial charge >= 0.3 is 0 Å². The molecule has 0 saturated heterocycles. The van der Waals surface area contributed by atoms with Crippen molar-refractivity contribution in [2.75, 3.05) is 6.54 Å². The Labute approximate surface area is 144 Å². The van der Waals surface area contributed by atoms with E-state index in [2.05, 4.69) is 15.3 Å². The molecule has 0 unspecified atom stereocenters. The normalized spacial score (nSPS) is 10.9. The van der Waals surface area contributed by atoms with Crippen molar-refractivity contribution in [3.05, 3.63) is 78.3 Å². The van der Waals surface area contributed by atoms with Gasteiger partial charge in [0.2, 0.25) is 5.89 Å². The van der Waals surface area contributed by atoms with E-state index in [0.29, 0.717) is 24.4 Å². The Morgan fingerprint density at radius 1 is 1.12 bits per heavy atom. The summed E-state index contributed by atoms with van der Waals surface area (Å²) in [6.45, 7) is 0.502. The molecule has 2 N–H and O–H groups in total. The number of aromatic nitrogens is 2. The molecule has 0 aliphatic heterocycles. The monoisotopic (exact) mass is 331 g/mol. The summed E-state index contributed by atoms with van der Waals surface area (Å²) in [5.74, 6) is 0.502. The summed E-state index contributed by atoms with van der Waals surface area (Å²) in [6.07, 6.45) is 4.12. The molecular weight excluding hydrogens is 314 g/mol. The number of rotatable bonds is 5. The largest absolute Gasteiger partial charge is 0.444 e. The third-order valence-electron chi connectivity index (χ3n) is 4.06. The number of amides is 1. The van der Waals surface area contributed by atoms with Crippen molar-refractivity contribution >= 4 is 16.8 Å². The standard InChI is InChI=1S/C20H17N3O2/c24-19(16-7-6-14-8-10-21-18(14)12-16)22-11-9-17-13-25-20(23-17)15-4-2-1-3-5-15/h1-8,10,12-13,21H,9,11H2,(H,22,24). The van der Waals surface area contributed by atoms with Gasteiger partial charge in [0, 0.05) is 35.8 Å². The van der Waals surface area contributed by atoms with E-state index < -0.39 is 0 Å². The molecule has 2 aromatic heterocycles. The average molecular weight is 331 g/mol. The molecule has 4 aromatic rings. The number of benzene rings is 2. The molecule has 4 rings (SSSR count). The van der Waals surface area contributed by atoms with E-state index in [1.165, 1.54) is 0 Å². The van der Waals surface area contributed by atoms with Crippen LogP contribution in [-0.4, -0.2) is 22.4 Å². The number of aromatic amines is 1. The minimum absolute atomic E-state index is 0.0942. The van der Waals surface area contributed by atoms with Gasteiger partial charge in [-0.05, 0) is 35.7 Å². The molecule has 0 bridgehead atoms. The van der Waals surface area contributed by atoms with Crippen molar-refractivity contribution in [1.29, 1.82) is 0 Å². The van der Waals surface area contributed by atoms with Crippen molar-refractivity contribution < 1.29 is 9.21 Å². The van der Waals surface area contributed by atoms with Crippen LogP contribution in [0.5, 0.6) is 0 Å². The van der Waals surface area contributed by atoms with Crippen molar-refractivity contribution in [3.63, 3.8) is 0 Å². The minimum atomic E-state index is -0.0942. The number of oxazole rings is 1. The van der Waals surface area contributed by atoms with Crippen LogP contribution in [0.4, 0.5) is 0 Å². The van der Waals surface area contributed by atoms with Gasteiger partial charge < -0.3 is 14.7 Å². The van der Waals surface area contributed by atoms with Gasteiger partial charge in [-0.2, -0.15) is 0 Å². The lowest BCUT2D eigenvalue weighted by Crippen LogP contribution is -2.25. The molecule has 2 heterocycles. The molecule has 2 aromatic carbocycles. The van der Waals surface area contributed by atoms with E-state index in [1.807, 2.05) is 60.8 Å². The zero-order chi connectivity index (χ0) is 17.1. The van der Waals surface area contributed by atoms with Crippen LogP contribution >= 0.6 is 0 Å². The second kappa shape index (κ2) is 6.65. The molecule has 0 saturated carbocycles. The number of carbonyl (C=O) groups excluding carboxylic acids is 1. The van der Waals surface area contributed by atoms with Crippen LogP contribution in [0.1, 0.15) is 16.1 Å². The fraction of sp³-hybridized carbons (Fsp3) is 0.100. The van der Waals surface area contributed by atoms with E-state index in [4.69, 9.17) is 4.42 Å². The maximum absolute atomic E-state index is 12.3. The highest BCUT2D eigenvalue weighted by Crippen LogP contribution is 2.18. The van der Waals surface area contributed by atoms with E-state index in [1.54, 1.807) is 6.26 Å². The second-order valence-electron chi connectivity index (χ2n) is 5.80. The average Bonchev–Trinajstić information content (AvgIpc) is 3.31. The topological polar surface area (TPSA) is 70.9 Å². The summed E-state index contributed by atoms with van der Waals surface area (Å²) in [5.41, 5.74) is 3.35. The first-order valence-corrected chi connectivity index (χ1v) is 8.15. The lowest BCUT2D eigenvalue weighted by Gasteiger charge is -2.04. The lowest BCUT2D eigenvalue weighted by atomic mass is 10.1. The molecule has 0 radical (unpaired) electrons. The van der Waals surface area contributed by atoms with Gasteiger partial charge in [0.15, 0.2) is 0 Å². The quantitative estimate of drug-likeness (QED) is 0.584. The van der Waals surface area contributed by atoms with Gasteiger partial charge in [-0.15, -0.1) is 0 Å². The maximum Gasteiger partial charge on any atom is 0.251 e. The molecule has 0 aliphatic rings. The molecule has 1 amide bonds. The maximum atomic E-state index is 12.3. The first-order valence-electron chi connectivity index (χ1n) is 8.15. The molecule has 0 aliphatic carbocycles. The van der Waals surface area contributed by atoms with Crippen molar-refractivity contribution in [3.8, 4) is 11.5 Å². The van der Waals surface area contributed by atoms with Gasteiger partial charge in [-0.1, -0.05) is 24.3 Å². The number of hydrogen-bond acceptors (Lipinski definition) is 3. The van der Waals surface area contributed by atoms with Crippen LogP contribution in [0.15, 0.2) is 71.5 Å². The fourth-order valence-electron chi connectivity index (χ4n) is 2.73. The fourth-order valence-corrected chi connectivity index (χ4v) is 2.73. The first-order chi connectivity index (χ1) is 12.3. The number of hydrogen-bond donors (Lipinski definition) is 2. The number of H-pyrrole nitrogens is 1. The summed E-state index contributed by atoms with van der Waals surface area (Å²) in [7, 11) is 0. The number of nitrogens with one attached hydrogen (secondary N) is 2. The van der Waals surface area contributed by atoms with Gasteiger partial charge in [-0.25, -0.2) is 4.98 Å². The minimum Gasteiger partial charge on any atom is -0.444 e. The zero-order valence-electron chi connectivity index (χ0n) is 13.5. The highest BCUT2D eigenvalue weighted by atomic mass is 16.3. The Balaban J connectivity index is 1.36. The van der Waals surface area contributed by atoms with E-state index in [9.17, 15) is 4.79 Å². The predicted octanol–water partition coefficient (Wildman–Crippen LogP) is 3.80. The van der Waals surface area contributed by atoms with E-state index >= 15 is 0 Å². The molecule has 124 valence electrons. The lowest BCUT2D eigenvalue weighted by molar-refractivity contribution is 0.0954. The van der Waals surface area contributed by atoms with Crippen LogP contribution in [0, 0.1) is 0 Å². The summed E-state index contributed by atoms with van der Waals surface area (Å²) in [4.78, 5) is 19.8. The number of nitrogens with zero attached hydrogens (tertiary/aromatic N) is 1. The van der Waals surface area contributed by atoms with Gasteiger partial charge in [-0.3, -0.25) is 4.79 Å². The molecule has 0 atom stereocenters. The van der Waals surface area contributed by atoms with Crippen molar-refractivity contribution in [1.82, 2.24) is 15.3 Å². The molecule has 5 heteroatoms. The second-order valence-corrected chi connectivity index (χ2v) is 5.80. The van der Waals surface area contributed by atoms with Crippen molar-refractivity contribution in [2.45, 2.75) is 6.42 Å². The summed E-state index contributed by atoms with van der Waals surface area (Å²) in [6, 6.07) is 17.3. The van der Waals surface area contributed by atoms with Gasteiger partial charge in [0.25, 0.3) is 5.91 Å². The number of fused-ring (bicyclic) bond motifs is 1. The molecule has 25 heavy (non-hydrogen) atoms. The van der Waals surface area contributed by atoms with Gasteiger partial charge in [0.05, 0.1) is 5.69 Å². The van der Waals surface area contributed by atoms with Crippen LogP contribution in [0.2, 0.25) is 0 Å². The Morgan fingerprint density at radius 3 is 2.88 bits per heavy atom. The summed E-state index contributed by atoms with van der Waals surface area (Å²) < 4.78 is 5.50. The smallest absolute Gasteiger partial charge is 0.251 e. The summed E-state index contributed by atoms with van der Waals surface area (Å²) in [5, 5.41) is 4.01. The Morgan fingerprint density at radius 2 is 2.00 bits per heavy atom. The van der Waals surface area contributed by atoms with E-state index in [0.717, 1.165) is 22.2 Å². The van der Waals surface area contributed by atoms with Crippen LogP contribution in [0.3, 0.4) is 0 Å². The molecule has 0 spiro atoms. The Bertz CT molecular complexity index is 1000. The first kappa shape index (κ1) is 15.2.